The summed E-state index contributed by atoms with van der Waals surface area (Å²) in [6.07, 6.45) is 1.96. The number of fused-ring (bicyclic) bond motifs is 1. The molecule has 76 valence electrons. The van der Waals surface area contributed by atoms with Gasteiger partial charge in [-0.25, -0.2) is 0 Å². The van der Waals surface area contributed by atoms with E-state index in [4.69, 9.17) is 22.1 Å². The molecule has 14 heavy (non-hydrogen) atoms. The molecule has 0 bridgehead atoms. The summed E-state index contributed by atoms with van der Waals surface area (Å²) in [5, 5.41) is 0.678. The summed E-state index contributed by atoms with van der Waals surface area (Å²) >= 11 is 6.10. The number of ether oxygens (including phenoxy) is 1. The Balaban J connectivity index is 2.53. The van der Waals surface area contributed by atoms with Crippen LogP contribution in [-0.2, 0) is 0 Å². The van der Waals surface area contributed by atoms with E-state index in [0.29, 0.717) is 11.6 Å². The van der Waals surface area contributed by atoms with Gasteiger partial charge in [0.05, 0.1) is 11.6 Å². The van der Waals surface area contributed by atoms with E-state index in [1.54, 1.807) is 0 Å². The van der Waals surface area contributed by atoms with Crippen molar-refractivity contribution in [2.45, 2.75) is 25.8 Å². The van der Waals surface area contributed by atoms with Crippen molar-refractivity contribution in [1.82, 2.24) is 0 Å². The highest BCUT2D eigenvalue weighted by atomic mass is 35.5. The van der Waals surface area contributed by atoms with E-state index < -0.39 is 0 Å². The van der Waals surface area contributed by atoms with Crippen molar-refractivity contribution in [1.29, 1.82) is 0 Å². The molecule has 2 rings (SSSR count). The molecule has 0 unspecified atom stereocenters. The minimum Gasteiger partial charge on any atom is -0.492 e. The van der Waals surface area contributed by atoms with Gasteiger partial charge >= 0.3 is 0 Å². The number of hydrogen-bond acceptors (Lipinski definition) is 2. The number of benzene rings is 1. The average molecular weight is 212 g/mol. The molecule has 2 N–H and O–H groups in total. The molecule has 0 radical (unpaired) electrons. The largest absolute Gasteiger partial charge is 0.492 e. The number of nitrogens with two attached hydrogens (primary N) is 1. The minimum absolute atomic E-state index is 0.0601. The van der Waals surface area contributed by atoms with Crippen LogP contribution in [0.2, 0.25) is 5.02 Å². The number of rotatable bonds is 0. The van der Waals surface area contributed by atoms with Crippen molar-refractivity contribution in [3.05, 3.63) is 28.3 Å². The third-order valence-electron chi connectivity index (χ3n) is 2.52. The fourth-order valence-electron chi connectivity index (χ4n) is 1.82. The normalized spacial score (nSPS) is 20.9. The van der Waals surface area contributed by atoms with E-state index in [9.17, 15) is 0 Å². The first-order chi connectivity index (χ1) is 6.68. The summed E-state index contributed by atoms with van der Waals surface area (Å²) < 4.78 is 5.59. The SMILES string of the molecule is Cc1cc(Cl)c2c(c1)[C@H](N)CCCO2. The van der Waals surface area contributed by atoms with Crippen LogP contribution in [0.1, 0.15) is 30.0 Å². The molecule has 0 saturated heterocycles. The van der Waals surface area contributed by atoms with Gasteiger partial charge in [-0.1, -0.05) is 17.7 Å². The van der Waals surface area contributed by atoms with Gasteiger partial charge in [-0.05, 0) is 31.4 Å². The topological polar surface area (TPSA) is 35.2 Å². The maximum atomic E-state index is 6.10. The minimum atomic E-state index is 0.0601. The Labute approximate surface area is 89.0 Å². The molecule has 0 aliphatic carbocycles. The summed E-state index contributed by atoms with van der Waals surface area (Å²) in [7, 11) is 0. The summed E-state index contributed by atoms with van der Waals surface area (Å²) in [6, 6.07) is 4.04. The van der Waals surface area contributed by atoms with E-state index in [2.05, 4.69) is 6.07 Å². The molecule has 1 heterocycles. The van der Waals surface area contributed by atoms with E-state index >= 15 is 0 Å². The highest BCUT2D eigenvalue weighted by Gasteiger charge is 2.19. The third kappa shape index (κ3) is 1.72. The molecule has 0 fully saturated rings. The smallest absolute Gasteiger partial charge is 0.142 e. The first-order valence-corrected chi connectivity index (χ1v) is 5.24. The second-order valence-electron chi connectivity index (χ2n) is 3.76. The molecular formula is C11H14ClNO. The van der Waals surface area contributed by atoms with Crippen molar-refractivity contribution in [3.8, 4) is 5.75 Å². The molecule has 1 aromatic carbocycles. The highest BCUT2D eigenvalue weighted by molar-refractivity contribution is 6.32. The Morgan fingerprint density at radius 2 is 2.29 bits per heavy atom. The average Bonchev–Trinajstić information content (AvgIpc) is 2.29. The zero-order valence-electron chi connectivity index (χ0n) is 8.22. The molecule has 1 aromatic rings. The van der Waals surface area contributed by atoms with Gasteiger partial charge in [0.2, 0.25) is 0 Å². The molecule has 1 aliphatic rings. The second kappa shape index (κ2) is 3.79. The van der Waals surface area contributed by atoms with Crippen molar-refractivity contribution in [3.63, 3.8) is 0 Å². The van der Waals surface area contributed by atoms with Crippen molar-refractivity contribution in [2.75, 3.05) is 6.61 Å². The monoisotopic (exact) mass is 211 g/mol. The first kappa shape index (κ1) is 9.81. The van der Waals surface area contributed by atoms with Crippen LogP contribution >= 0.6 is 11.6 Å². The molecule has 0 aromatic heterocycles. The van der Waals surface area contributed by atoms with Crippen molar-refractivity contribution in [2.24, 2.45) is 5.73 Å². The standard InChI is InChI=1S/C11H14ClNO/c1-7-5-8-10(13)3-2-4-14-11(8)9(12)6-7/h5-6,10H,2-4,13H2,1H3/t10-/m1/s1. The van der Waals surface area contributed by atoms with Gasteiger partial charge in [0, 0.05) is 11.6 Å². The van der Waals surface area contributed by atoms with Crippen LogP contribution in [0.4, 0.5) is 0 Å². The Hall–Kier alpha value is -0.730. The summed E-state index contributed by atoms with van der Waals surface area (Å²) in [5.74, 6) is 0.780. The Morgan fingerprint density at radius 3 is 3.07 bits per heavy atom. The molecule has 1 aliphatic heterocycles. The molecule has 1 atom stereocenters. The fourth-order valence-corrected chi connectivity index (χ4v) is 2.15. The Morgan fingerprint density at radius 1 is 1.50 bits per heavy atom. The fraction of sp³-hybridized carbons (Fsp3) is 0.455. The number of hydrogen-bond donors (Lipinski definition) is 1. The lowest BCUT2D eigenvalue weighted by molar-refractivity contribution is 0.316. The zero-order valence-corrected chi connectivity index (χ0v) is 8.97. The number of aryl methyl sites for hydroxylation is 1. The van der Waals surface area contributed by atoms with Crippen LogP contribution in [0.15, 0.2) is 12.1 Å². The molecule has 0 amide bonds. The molecular weight excluding hydrogens is 198 g/mol. The van der Waals surface area contributed by atoms with Crippen LogP contribution in [0.3, 0.4) is 0 Å². The zero-order chi connectivity index (χ0) is 10.1. The Bertz CT molecular complexity index is 351. The predicted octanol–water partition coefficient (Wildman–Crippen LogP) is 2.82. The van der Waals surface area contributed by atoms with E-state index in [-0.39, 0.29) is 6.04 Å². The lowest BCUT2D eigenvalue weighted by atomic mass is 10.0. The second-order valence-corrected chi connectivity index (χ2v) is 4.17. The lowest BCUT2D eigenvalue weighted by Gasteiger charge is -2.13. The predicted molar refractivity (Wildman–Crippen MR) is 57.8 cm³/mol. The van der Waals surface area contributed by atoms with E-state index in [1.165, 1.54) is 0 Å². The van der Waals surface area contributed by atoms with Crippen LogP contribution in [-0.4, -0.2) is 6.61 Å². The summed E-state index contributed by atoms with van der Waals surface area (Å²) in [6.45, 7) is 2.73. The van der Waals surface area contributed by atoms with Gasteiger partial charge < -0.3 is 10.5 Å². The van der Waals surface area contributed by atoms with Crippen LogP contribution in [0.25, 0.3) is 0 Å². The van der Waals surface area contributed by atoms with Crippen molar-refractivity contribution >= 4 is 11.6 Å². The first-order valence-electron chi connectivity index (χ1n) is 4.87. The molecule has 3 heteroatoms. The lowest BCUT2D eigenvalue weighted by Crippen LogP contribution is -2.09. The highest BCUT2D eigenvalue weighted by Crippen LogP contribution is 2.36. The van der Waals surface area contributed by atoms with Crippen LogP contribution in [0.5, 0.6) is 5.75 Å². The van der Waals surface area contributed by atoms with Gasteiger partial charge in [-0.2, -0.15) is 0 Å². The number of halogens is 1. The van der Waals surface area contributed by atoms with Gasteiger partial charge in [-0.15, -0.1) is 0 Å². The molecule has 0 spiro atoms. The van der Waals surface area contributed by atoms with Crippen LogP contribution < -0.4 is 10.5 Å². The maximum absolute atomic E-state index is 6.10. The Kier molecular flexibility index (Phi) is 2.66. The molecule has 2 nitrogen and oxygen atoms in total. The quantitative estimate of drug-likeness (QED) is 0.716. The van der Waals surface area contributed by atoms with Gasteiger partial charge in [-0.3, -0.25) is 0 Å². The van der Waals surface area contributed by atoms with Gasteiger partial charge in [0.15, 0.2) is 0 Å². The maximum Gasteiger partial charge on any atom is 0.142 e. The third-order valence-corrected chi connectivity index (χ3v) is 2.80. The van der Waals surface area contributed by atoms with E-state index in [1.807, 2.05) is 13.0 Å². The van der Waals surface area contributed by atoms with Crippen LogP contribution in [0, 0.1) is 6.92 Å². The summed E-state index contributed by atoms with van der Waals surface area (Å²) in [5.41, 5.74) is 8.23. The van der Waals surface area contributed by atoms with Gasteiger partial charge in [0.25, 0.3) is 0 Å². The van der Waals surface area contributed by atoms with E-state index in [0.717, 1.165) is 29.7 Å². The van der Waals surface area contributed by atoms with Crippen molar-refractivity contribution < 1.29 is 4.74 Å². The molecule has 0 saturated carbocycles. The summed E-state index contributed by atoms with van der Waals surface area (Å²) in [4.78, 5) is 0. The van der Waals surface area contributed by atoms with Gasteiger partial charge in [0.1, 0.15) is 5.75 Å².